The highest BCUT2D eigenvalue weighted by atomic mass is 32.2. The smallest absolute Gasteiger partial charge is 0.302 e. The fourth-order valence-corrected chi connectivity index (χ4v) is 3.36. The summed E-state index contributed by atoms with van der Waals surface area (Å²) in [4.78, 5) is 10.9. The van der Waals surface area contributed by atoms with Crippen LogP contribution >= 0.6 is 0 Å². The van der Waals surface area contributed by atoms with Crippen LogP contribution in [0.3, 0.4) is 0 Å². The molecule has 0 N–H and O–H groups in total. The van der Waals surface area contributed by atoms with Crippen LogP contribution in [0.2, 0.25) is 0 Å². The van der Waals surface area contributed by atoms with Crippen molar-refractivity contribution in [2.75, 3.05) is 19.5 Å². The van der Waals surface area contributed by atoms with Crippen LogP contribution in [0.25, 0.3) is 0 Å². The van der Waals surface area contributed by atoms with Gasteiger partial charge < -0.3 is 14.2 Å². The summed E-state index contributed by atoms with van der Waals surface area (Å²) in [5, 5.41) is 0. The van der Waals surface area contributed by atoms with Crippen molar-refractivity contribution in [1.82, 2.24) is 0 Å². The highest BCUT2D eigenvalue weighted by molar-refractivity contribution is 7.85. The predicted octanol–water partition coefficient (Wildman–Crippen LogP) is 1.36. The standard InChI is InChI=1S/C14H24O7S/c1-11(15)18-9-12-5-3-7-14(20-12)8-4-6-13(21-14)10-19-22(2,16)17/h12-13H,3-10H2,1-2H3/t12-,13-,14-/m0/s1. The largest absolute Gasteiger partial charge is 0.463 e. The zero-order chi connectivity index (χ0) is 16.2. The van der Waals surface area contributed by atoms with Gasteiger partial charge in [-0.25, -0.2) is 0 Å². The van der Waals surface area contributed by atoms with Crippen LogP contribution in [-0.2, 0) is 33.3 Å². The van der Waals surface area contributed by atoms with Crippen LogP contribution in [0.5, 0.6) is 0 Å². The van der Waals surface area contributed by atoms with Crippen LogP contribution in [0.1, 0.15) is 45.4 Å². The quantitative estimate of drug-likeness (QED) is 0.553. The molecular weight excluding hydrogens is 312 g/mol. The van der Waals surface area contributed by atoms with E-state index in [1.165, 1.54) is 6.92 Å². The van der Waals surface area contributed by atoms with Gasteiger partial charge >= 0.3 is 5.97 Å². The van der Waals surface area contributed by atoms with Crippen LogP contribution in [0, 0.1) is 0 Å². The predicted molar refractivity (Wildman–Crippen MR) is 77.6 cm³/mol. The molecule has 22 heavy (non-hydrogen) atoms. The average Bonchev–Trinajstić information content (AvgIpc) is 2.43. The molecule has 0 radical (unpaired) electrons. The molecule has 2 aliphatic rings. The molecule has 0 aliphatic carbocycles. The van der Waals surface area contributed by atoms with Crippen molar-refractivity contribution in [3.63, 3.8) is 0 Å². The number of rotatable bonds is 5. The number of hydrogen-bond donors (Lipinski definition) is 0. The minimum atomic E-state index is -3.47. The molecule has 0 saturated carbocycles. The van der Waals surface area contributed by atoms with Gasteiger partial charge in [0.1, 0.15) is 6.61 Å². The number of carbonyl (C=O) groups excluding carboxylic acids is 1. The third-order valence-electron chi connectivity index (χ3n) is 3.87. The van der Waals surface area contributed by atoms with E-state index in [1.54, 1.807) is 0 Å². The molecule has 0 unspecified atom stereocenters. The molecule has 0 aromatic carbocycles. The number of carbonyl (C=O) groups is 1. The molecule has 3 atom stereocenters. The fourth-order valence-electron chi connectivity index (χ4n) is 2.96. The zero-order valence-electron chi connectivity index (χ0n) is 13.1. The molecular formula is C14H24O7S. The van der Waals surface area contributed by atoms with Crippen molar-refractivity contribution in [3.8, 4) is 0 Å². The van der Waals surface area contributed by atoms with E-state index in [0.717, 1.165) is 44.8 Å². The maximum atomic E-state index is 11.1. The lowest BCUT2D eigenvalue weighted by molar-refractivity contribution is -0.320. The van der Waals surface area contributed by atoms with Crippen molar-refractivity contribution in [2.24, 2.45) is 0 Å². The lowest BCUT2D eigenvalue weighted by atomic mass is 9.93. The van der Waals surface area contributed by atoms with Gasteiger partial charge in [0.2, 0.25) is 0 Å². The first kappa shape index (κ1) is 17.7. The van der Waals surface area contributed by atoms with E-state index in [1.807, 2.05) is 0 Å². The normalized spacial score (nSPS) is 32.8. The van der Waals surface area contributed by atoms with E-state index < -0.39 is 15.9 Å². The van der Waals surface area contributed by atoms with Crippen molar-refractivity contribution >= 4 is 16.1 Å². The third-order valence-corrected chi connectivity index (χ3v) is 4.44. The SMILES string of the molecule is CC(=O)OC[C@@H]1CCC[C@]2(CCC[C@@H](COS(C)(=O)=O)O2)O1. The molecule has 2 aliphatic heterocycles. The van der Waals surface area contributed by atoms with E-state index in [-0.39, 0.29) is 31.4 Å². The van der Waals surface area contributed by atoms with Gasteiger partial charge in [0.15, 0.2) is 5.79 Å². The van der Waals surface area contributed by atoms with Gasteiger partial charge in [0.25, 0.3) is 10.1 Å². The average molecular weight is 336 g/mol. The molecule has 2 rings (SSSR count). The Morgan fingerprint density at radius 1 is 1.14 bits per heavy atom. The lowest BCUT2D eigenvalue weighted by Crippen LogP contribution is -2.50. The van der Waals surface area contributed by atoms with Crippen LogP contribution in [0.15, 0.2) is 0 Å². The number of hydrogen-bond acceptors (Lipinski definition) is 7. The topological polar surface area (TPSA) is 88.1 Å². The van der Waals surface area contributed by atoms with E-state index in [4.69, 9.17) is 18.4 Å². The fraction of sp³-hybridized carbons (Fsp3) is 0.929. The van der Waals surface area contributed by atoms with Gasteiger partial charge in [-0.3, -0.25) is 8.98 Å². The summed E-state index contributed by atoms with van der Waals surface area (Å²) in [6, 6.07) is 0. The summed E-state index contributed by atoms with van der Waals surface area (Å²) in [7, 11) is -3.47. The second-order valence-electron chi connectivity index (χ2n) is 5.97. The van der Waals surface area contributed by atoms with Gasteiger partial charge in [0.05, 0.1) is 25.1 Å². The minimum absolute atomic E-state index is 0.0125. The Morgan fingerprint density at radius 2 is 1.68 bits per heavy atom. The highest BCUT2D eigenvalue weighted by Gasteiger charge is 2.43. The molecule has 2 heterocycles. The zero-order valence-corrected chi connectivity index (χ0v) is 13.9. The Balaban J connectivity index is 1.89. The molecule has 0 bridgehead atoms. The van der Waals surface area contributed by atoms with Crippen LogP contribution in [-0.4, -0.2) is 51.9 Å². The summed E-state index contributed by atoms with van der Waals surface area (Å²) in [5.41, 5.74) is 0. The number of esters is 1. The van der Waals surface area contributed by atoms with Gasteiger partial charge in [-0.15, -0.1) is 0 Å². The Hall–Kier alpha value is -0.700. The summed E-state index contributed by atoms with van der Waals surface area (Å²) >= 11 is 0. The van der Waals surface area contributed by atoms with Crippen molar-refractivity contribution in [1.29, 1.82) is 0 Å². The van der Waals surface area contributed by atoms with Crippen LogP contribution in [0.4, 0.5) is 0 Å². The maximum absolute atomic E-state index is 11.1. The molecule has 2 fully saturated rings. The Bertz CT molecular complexity index is 485. The third kappa shape index (κ3) is 5.49. The van der Waals surface area contributed by atoms with Crippen molar-refractivity contribution < 1.29 is 31.6 Å². The molecule has 0 amide bonds. The molecule has 128 valence electrons. The summed E-state index contributed by atoms with van der Waals surface area (Å²) in [6.07, 6.45) is 5.46. The minimum Gasteiger partial charge on any atom is -0.463 e. The Kier molecular flexibility index (Phi) is 5.81. The molecule has 0 aromatic rings. The van der Waals surface area contributed by atoms with Gasteiger partial charge in [-0.1, -0.05) is 0 Å². The van der Waals surface area contributed by atoms with Gasteiger partial charge in [-0.05, 0) is 25.7 Å². The first-order chi connectivity index (χ1) is 10.3. The van der Waals surface area contributed by atoms with E-state index in [0.29, 0.717) is 0 Å². The van der Waals surface area contributed by atoms with Gasteiger partial charge in [0, 0.05) is 19.8 Å². The van der Waals surface area contributed by atoms with E-state index in [2.05, 4.69) is 0 Å². The number of ether oxygens (including phenoxy) is 3. The summed E-state index contributed by atoms with van der Waals surface area (Å²) in [5.74, 6) is -1.03. The summed E-state index contributed by atoms with van der Waals surface area (Å²) < 4.78 is 44.0. The second kappa shape index (κ2) is 7.25. The van der Waals surface area contributed by atoms with Crippen molar-refractivity contribution in [2.45, 2.75) is 63.4 Å². The van der Waals surface area contributed by atoms with Crippen molar-refractivity contribution in [3.05, 3.63) is 0 Å². The second-order valence-corrected chi connectivity index (χ2v) is 7.61. The molecule has 0 aromatic heterocycles. The molecule has 2 saturated heterocycles. The molecule has 8 heteroatoms. The first-order valence-electron chi connectivity index (χ1n) is 7.61. The first-order valence-corrected chi connectivity index (χ1v) is 9.43. The molecule has 1 spiro atoms. The maximum Gasteiger partial charge on any atom is 0.302 e. The highest BCUT2D eigenvalue weighted by Crippen LogP contribution is 2.39. The van der Waals surface area contributed by atoms with Crippen LogP contribution < -0.4 is 0 Å². The van der Waals surface area contributed by atoms with E-state index >= 15 is 0 Å². The summed E-state index contributed by atoms with van der Waals surface area (Å²) in [6.45, 7) is 1.61. The monoisotopic (exact) mass is 336 g/mol. The Labute approximate surface area is 131 Å². The molecule has 7 nitrogen and oxygen atoms in total. The lowest BCUT2D eigenvalue weighted by Gasteiger charge is -2.45. The van der Waals surface area contributed by atoms with Gasteiger partial charge in [-0.2, -0.15) is 8.42 Å². The Morgan fingerprint density at radius 3 is 2.18 bits per heavy atom. The van der Waals surface area contributed by atoms with E-state index in [9.17, 15) is 13.2 Å².